The van der Waals surface area contributed by atoms with Crippen molar-refractivity contribution in [3.8, 4) is 11.5 Å². The summed E-state index contributed by atoms with van der Waals surface area (Å²) in [5, 5.41) is 15.8. The third-order valence-corrected chi connectivity index (χ3v) is 4.98. The van der Waals surface area contributed by atoms with E-state index in [4.69, 9.17) is 13.9 Å². The van der Waals surface area contributed by atoms with Crippen molar-refractivity contribution >= 4 is 23.1 Å². The number of aliphatic hydroxyl groups is 1. The first-order valence-electron chi connectivity index (χ1n) is 8.17. The van der Waals surface area contributed by atoms with Crippen LogP contribution in [0.15, 0.2) is 53.1 Å². The second-order valence-electron chi connectivity index (χ2n) is 5.60. The average Bonchev–Trinajstić information content (AvgIpc) is 3.38. The van der Waals surface area contributed by atoms with E-state index in [0.29, 0.717) is 29.5 Å². The van der Waals surface area contributed by atoms with Gasteiger partial charge in [0, 0.05) is 15.8 Å². The van der Waals surface area contributed by atoms with E-state index in [1.165, 1.54) is 24.7 Å². The molecule has 1 unspecified atom stereocenters. The molecule has 0 bridgehead atoms. The molecular weight excluding hydrogens is 368 g/mol. The van der Waals surface area contributed by atoms with Crippen LogP contribution < -0.4 is 20.1 Å². The lowest BCUT2D eigenvalue weighted by molar-refractivity contribution is 0.193. The van der Waals surface area contributed by atoms with E-state index in [0.717, 1.165) is 9.75 Å². The smallest absolute Gasteiger partial charge is 0.319 e. The molecule has 0 radical (unpaired) electrons. The van der Waals surface area contributed by atoms with Crippen molar-refractivity contribution < 1.29 is 23.8 Å². The summed E-state index contributed by atoms with van der Waals surface area (Å²) in [7, 11) is 3.09. The number of hydrogen-bond acceptors (Lipinski definition) is 6. The van der Waals surface area contributed by atoms with Crippen LogP contribution in [0.4, 0.5) is 10.5 Å². The van der Waals surface area contributed by atoms with Gasteiger partial charge in [0.25, 0.3) is 0 Å². The van der Waals surface area contributed by atoms with Gasteiger partial charge in [-0.15, -0.1) is 11.3 Å². The van der Waals surface area contributed by atoms with Crippen molar-refractivity contribution in [2.75, 3.05) is 19.5 Å². The lowest BCUT2D eigenvalue weighted by Gasteiger charge is -2.12. The number of urea groups is 1. The second kappa shape index (κ2) is 8.61. The number of anilines is 1. The van der Waals surface area contributed by atoms with Crippen LogP contribution in [0.5, 0.6) is 11.5 Å². The molecule has 0 spiro atoms. The molecule has 3 N–H and O–H groups in total. The van der Waals surface area contributed by atoms with Crippen LogP contribution in [-0.4, -0.2) is 25.4 Å². The molecule has 2 aromatic heterocycles. The lowest BCUT2D eigenvalue weighted by Crippen LogP contribution is -2.28. The summed E-state index contributed by atoms with van der Waals surface area (Å²) >= 11 is 1.41. The first kappa shape index (κ1) is 18.8. The Morgan fingerprint density at radius 3 is 2.78 bits per heavy atom. The summed E-state index contributed by atoms with van der Waals surface area (Å²) < 4.78 is 15.6. The van der Waals surface area contributed by atoms with E-state index in [1.54, 1.807) is 37.4 Å². The fourth-order valence-electron chi connectivity index (χ4n) is 2.46. The van der Waals surface area contributed by atoms with Crippen molar-refractivity contribution in [3.05, 3.63) is 64.2 Å². The number of benzene rings is 1. The minimum atomic E-state index is -0.809. The zero-order valence-electron chi connectivity index (χ0n) is 14.9. The van der Waals surface area contributed by atoms with Gasteiger partial charge in [0.2, 0.25) is 0 Å². The second-order valence-corrected chi connectivity index (χ2v) is 6.80. The summed E-state index contributed by atoms with van der Waals surface area (Å²) in [4.78, 5) is 13.8. The van der Waals surface area contributed by atoms with Crippen LogP contribution in [0.25, 0.3) is 0 Å². The van der Waals surface area contributed by atoms with E-state index >= 15 is 0 Å². The van der Waals surface area contributed by atoms with Crippen molar-refractivity contribution in [2.45, 2.75) is 12.6 Å². The molecule has 1 atom stereocenters. The van der Waals surface area contributed by atoms with Crippen LogP contribution in [-0.2, 0) is 6.54 Å². The van der Waals surface area contributed by atoms with E-state index in [1.807, 2.05) is 12.1 Å². The number of hydrogen-bond donors (Lipinski definition) is 3. The molecule has 7 nitrogen and oxygen atoms in total. The molecule has 8 heteroatoms. The number of rotatable bonds is 7. The Bertz CT molecular complexity index is 891. The number of ether oxygens (including phenoxy) is 2. The maximum absolute atomic E-state index is 12.2. The number of aliphatic hydroxyl groups excluding tert-OH is 1. The quantitative estimate of drug-likeness (QED) is 0.573. The standard InChI is InChI=1S/C19H20N2O5S/c1-24-12-5-7-14(16(10-12)25-2)21-19(23)20-11-13-6-8-17(27-13)18(22)15-4-3-9-26-15/h3-10,18,22H,11H2,1-2H3,(H2,20,21,23). The first-order chi connectivity index (χ1) is 13.1. The molecule has 142 valence electrons. The fraction of sp³-hybridized carbons (Fsp3) is 0.211. The van der Waals surface area contributed by atoms with Crippen LogP contribution >= 0.6 is 11.3 Å². The van der Waals surface area contributed by atoms with Gasteiger partial charge < -0.3 is 29.6 Å². The maximum atomic E-state index is 12.2. The third kappa shape index (κ3) is 4.60. The predicted octanol–water partition coefficient (Wildman–Crippen LogP) is 3.76. The maximum Gasteiger partial charge on any atom is 0.319 e. The molecule has 0 aliphatic rings. The van der Waals surface area contributed by atoms with Crippen molar-refractivity contribution in [1.29, 1.82) is 0 Å². The summed E-state index contributed by atoms with van der Waals surface area (Å²) in [6, 6.07) is 11.9. The Morgan fingerprint density at radius 2 is 2.07 bits per heavy atom. The molecule has 0 saturated heterocycles. The summed E-state index contributed by atoms with van der Waals surface area (Å²) in [6.07, 6.45) is 0.711. The predicted molar refractivity (Wildman–Crippen MR) is 102 cm³/mol. The van der Waals surface area contributed by atoms with Gasteiger partial charge in [-0.2, -0.15) is 0 Å². The Labute approximate surface area is 160 Å². The van der Waals surface area contributed by atoms with Crippen molar-refractivity contribution in [2.24, 2.45) is 0 Å². The molecule has 0 fully saturated rings. The first-order valence-corrected chi connectivity index (χ1v) is 8.99. The van der Waals surface area contributed by atoms with E-state index in [2.05, 4.69) is 10.6 Å². The number of thiophene rings is 1. The van der Waals surface area contributed by atoms with Gasteiger partial charge in [-0.1, -0.05) is 0 Å². The molecule has 0 saturated carbocycles. The van der Waals surface area contributed by atoms with E-state index < -0.39 is 6.10 Å². The molecular formula is C19H20N2O5S. The third-order valence-electron chi connectivity index (χ3n) is 3.84. The van der Waals surface area contributed by atoms with Gasteiger partial charge in [0.15, 0.2) is 0 Å². The highest BCUT2D eigenvalue weighted by Gasteiger charge is 2.16. The van der Waals surface area contributed by atoms with Gasteiger partial charge in [0.05, 0.1) is 32.7 Å². The van der Waals surface area contributed by atoms with Crippen molar-refractivity contribution in [3.63, 3.8) is 0 Å². The Balaban J connectivity index is 1.57. The molecule has 27 heavy (non-hydrogen) atoms. The normalized spacial score (nSPS) is 11.7. The Morgan fingerprint density at radius 1 is 1.22 bits per heavy atom. The highest BCUT2D eigenvalue weighted by molar-refractivity contribution is 7.12. The van der Waals surface area contributed by atoms with Crippen molar-refractivity contribution in [1.82, 2.24) is 5.32 Å². The van der Waals surface area contributed by atoms with Crippen LogP contribution in [0.1, 0.15) is 21.6 Å². The minimum absolute atomic E-state index is 0.333. The molecule has 0 aliphatic heterocycles. The Hall–Kier alpha value is -2.97. The van der Waals surface area contributed by atoms with E-state index in [9.17, 15) is 9.90 Å². The number of carbonyl (C=O) groups is 1. The van der Waals surface area contributed by atoms with Gasteiger partial charge in [-0.05, 0) is 36.4 Å². The number of amides is 2. The van der Waals surface area contributed by atoms with E-state index in [-0.39, 0.29) is 6.03 Å². The van der Waals surface area contributed by atoms with Crippen LogP contribution in [0.3, 0.4) is 0 Å². The summed E-state index contributed by atoms with van der Waals surface area (Å²) in [5.74, 6) is 1.63. The lowest BCUT2D eigenvalue weighted by atomic mass is 10.2. The van der Waals surface area contributed by atoms with Gasteiger partial charge in [-0.3, -0.25) is 0 Å². The zero-order valence-corrected chi connectivity index (χ0v) is 15.7. The highest BCUT2D eigenvalue weighted by Crippen LogP contribution is 2.30. The molecule has 3 rings (SSSR count). The van der Waals surface area contributed by atoms with Gasteiger partial charge in [-0.25, -0.2) is 4.79 Å². The number of furan rings is 1. The monoisotopic (exact) mass is 388 g/mol. The molecule has 0 aliphatic carbocycles. The fourth-order valence-corrected chi connectivity index (χ4v) is 3.41. The average molecular weight is 388 g/mol. The molecule has 1 aromatic carbocycles. The highest BCUT2D eigenvalue weighted by atomic mass is 32.1. The summed E-state index contributed by atoms with van der Waals surface area (Å²) in [6.45, 7) is 0.333. The number of carbonyl (C=O) groups excluding carboxylic acids is 1. The number of nitrogens with one attached hydrogen (secondary N) is 2. The van der Waals surface area contributed by atoms with Crippen LogP contribution in [0, 0.1) is 0 Å². The Kier molecular flexibility index (Phi) is 6.00. The molecule has 3 aromatic rings. The topological polar surface area (TPSA) is 93.0 Å². The van der Waals surface area contributed by atoms with Crippen LogP contribution in [0.2, 0.25) is 0 Å². The molecule has 2 amide bonds. The summed E-state index contributed by atoms with van der Waals surface area (Å²) in [5.41, 5.74) is 0.538. The number of methoxy groups -OCH3 is 2. The van der Waals surface area contributed by atoms with Gasteiger partial charge in [0.1, 0.15) is 23.4 Å². The van der Waals surface area contributed by atoms with Gasteiger partial charge >= 0.3 is 6.03 Å². The SMILES string of the molecule is COc1ccc(NC(=O)NCc2ccc(C(O)c3ccco3)s2)c(OC)c1. The largest absolute Gasteiger partial charge is 0.497 e. The minimum Gasteiger partial charge on any atom is -0.497 e. The molecule has 2 heterocycles. The zero-order chi connectivity index (χ0) is 19.2.